The molecular weight excluding hydrogens is 392 g/mol. The lowest BCUT2D eigenvalue weighted by Gasteiger charge is -2.28. The molecule has 0 saturated heterocycles. The van der Waals surface area contributed by atoms with E-state index >= 15 is 0 Å². The number of ether oxygens (including phenoxy) is 1. The van der Waals surface area contributed by atoms with Crippen LogP contribution in [0.25, 0.3) is 0 Å². The number of hydrogen-bond acceptors (Lipinski definition) is 1. The normalized spacial score (nSPS) is 20.7. The molecule has 1 nitrogen and oxygen atoms in total. The second-order valence-electron chi connectivity index (χ2n) is 8.59. The van der Waals surface area contributed by atoms with E-state index in [0.29, 0.717) is 17.9 Å². The van der Waals surface area contributed by atoms with Crippen molar-refractivity contribution in [3.05, 3.63) is 65.0 Å². The van der Waals surface area contributed by atoms with Crippen molar-refractivity contribution in [2.24, 2.45) is 5.92 Å². The van der Waals surface area contributed by atoms with Crippen LogP contribution in [0.3, 0.4) is 0 Å². The largest absolute Gasteiger partial charge is 0.573 e. The maximum absolute atomic E-state index is 14.0. The summed E-state index contributed by atoms with van der Waals surface area (Å²) in [6.45, 7) is 4.20. The molecule has 0 bridgehead atoms. The fourth-order valence-electron chi connectivity index (χ4n) is 4.62. The molecule has 2 aromatic carbocycles. The average Bonchev–Trinajstić information content (AvgIpc) is 2.70. The van der Waals surface area contributed by atoms with E-state index in [4.69, 9.17) is 0 Å². The lowest BCUT2D eigenvalue weighted by molar-refractivity contribution is -0.275. The van der Waals surface area contributed by atoms with Gasteiger partial charge in [-0.05, 0) is 78.7 Å². The van der Waals surface area contributed by atoms with Crippen LogP contribution < -0.4 is 4.74 Å². The van der Waals surface area contributed by atoms with Crippen LogP contribution in [0.5, 0.6) is 5.75 Å². The summed E-state index contributed by atoms with van der Waals surface area (Å²) in [7, 11) is 0. The topological polar surface area (TPSA) is 9.23 Å². The average molecular weight is 423 g/mol. The Morgan fingerprint density at radius 2 is 1.67 bits per heavy atom. The molecule has 0 heterocycles. The third-order valence-electron chi connectivity index (χ3n) is 6.29. The van der Waals surface area contributed by atoms with E-state index in [0.717, 1.165) is 23.6 Å². The third kappa shape index (κ3) is 6.23. The van der Waals surface area contributed by atoms with Gasteiger partial charge < -0.3 is 4.74 Å². The Morgan fingerprint density at radius 3 is 2.23 bits per heavy atom. The smallest absolute Gasteiger partial charge is 0.403 e. The zero-order valence-corrected chi connectivity index (χ0v) is 17.6. The Kier molecular flexibility index (Phi) is 7.43. The number of alkyl halides is 3. The van der Waals surface area contributed by atoms with Gasteiger partial charge in [-0.2, -0.15) is 0 Å². The Hall–Kier alpha value is -2.04. The summed E-state index contributed by atoms with van der Waals surface area (Å²) in [6, 6.07) is 12.3. The second-order valence-corrected chi connectivity index (χ2v) is 8.59. The molecule has 0 unspecified atom stereocenters. The van der Waals surface area contributed by atoms with Crippen molar-refractivity contribution in [1.82, 2.24) is 0 Å². The number of hydrogen-bond donors (Lipinski definition) is 0. The van der Waals surface area contributed by atoms with E-state index < -0.39 is 17.9 Å². The highest BCUT2D eigenvalue weighted by atomic mass is 19.4. The molecule has 1 atom stereocenters. The molecule has 1 aliphatic rings. The van der Waals surface area contributed by atoms with E-state index in [1.54, 1.807) is 0 Å². The predicted molar refractivity (Wildman–Crippen MR) is 111 cm³/mol. The SMILES string of the molecule is CCCC1CCC(c2ccc(C[C@@H](C)c3ccc(OC(F)(F)F)c(F)c3)cc2)CC1. The fraction of sp³-hybridized carbons (Fsp3) is 0.520. The van der Waals surface area contributed by atoms with Gasteiger partial charge in [-0.15, -0.1) is 13.2 Å². The summed E-state index contributed by atoms with van der Waals surface area (Å²) in [5, 5.41) is 0. The van der Waals surface area contributed by atoms with E-state index in [1.807, 2.05) is 6.92 Å². The van der Waals surface area contributed by atoms with Crippen molar-refractivity contribution in [3.63, 3.8) is 0 Å². The third-order valence-corrected chi connectivity index (χ3v) is 6.29. The molecule has 1 saturated carbocycles. The van der Waals surface area contributed by atoms with E-state index in [2.05, 4.69) is 35.9 Å². The number of rotatable bonds is 7. The van der Waals surface area contributed by atoms with Crippen LogP contribution in [0.15, 0.2) is 42.5 Å². The first-order valence-corrected chi connectivity index (χ1v) is 10.9. The number of benzene rings is 2. The van der Waals surface area contributed by atoms with E-state index in [-0.39, 0.29) is 5.92 Å². The van der Waals surface area contributed by atoms with Gasteiger partial charge >= 0.3 is 6.36 Å². The van der Waals surface area contributed by atoms with Gasteiger partial charge in [-0.25, -0.2) is 4.39 Å². The molecule has 0 aliphatic heterocycles. The van der Waals surface area contributed by atoms with Crippen LogP contribution in [0, 0.1) is 11.7 Å². The summed E-state index contributed by atoms with van der Waals surface area (Å²) in [4.78, 5) is 0. The quantitative estimate of drug-likeness (QED) is 0.409. The van der Waals surface area contributed by atoms with Crippen LogP contribution in [0.2, 0.25) is 0 Å². The van der Waals surface area contributed by atoms with Gasteiger partial charge in [-0.1, -0.05) is 57.0 Å². The summed E-state index contributed by atoms with van der Waals surface area (Å²) < 4.78 is 54.6. The molecule has 0 radical (unpaired) electrons. The highest BCUT2D eigenvalue weighted by Gasteiger charge is 2.32. The van der Waals surface area contributed by atoms with Crippen LogP contribution in [-0.4, -0.2) is 6.36 Å². The molecule has 30 heavy (non-hydrogen) atoms. The molecular formula is C25H30F4O. The summed E-state index contributed by atoms with van der Waals surface area (Å²) >= 11 is 0. The van der Waals surface area contributed by atoms with Crippen molar-refractivity contribution in [2.75, 3.05) is 0 Å². The molecule has 3 rings (SSSR count). The highest BCUT2D eigenvalue weighted by molar-refractivity contribution is 5.33. The van der Waals surface area contributed by atoms with Gasteiger partial charge in [0.2, 0.25) is 0 Å². The van der Waals surface area contributed by atoms with Crippen LogP contribution >= 0.6 is 0 Å². The minimum Gasteiger partial charge on any atom is -0.403 e. The Morgan fingerprint density at radius 1 is 1.00 bits per heavy atom. The van der Waals surface area contributed by atoms with Crippen molar-refractivity contribution < 1.29 is 22.3 Å². The summed E-state index contributed by atoms with van der Waals surface area (Å²) in [5.41, 5.74) is 3.18. The summed E-state index contributed by atoms with van der Waals surface area (Å²) in [6.07, 6.45) is 3.55. The minimum absolute atomic E-state index is 0.0187. The highest BCUT2D eigenvalue weighted by Crippen LogP contribution is 2.37. The van der Waals surface area contributed by atoms with Gasteiger partial charge in [0.05, 0.1) is 0 Å². The van der Waals surface area contributed by atoms with Crippen LogP contribution in [0.1, 0.15) is 80.9 Å². The predicted octanol–water partition coefficient (Wildman–Crippen LogP) is 8.14. The van der Waals surface area contributed by atoms with Crippen molar-refractivity contribution in [3.8, 4) is 5.75 Å². The maximum atomic E-state index is 14.0. The molecule has 1 fully saturated rings. The molecule has 164 valence electrons. The molecule has 0 aromatic heterocycles. The van der Waals surface area contributed by atoms with Crippen LogP contribution in [0.4, 0.5) is 17.6 Å². The first-order valence-electron chi connectivity index (χ1n) is 10.9. The van der Waals surface area contributed by atoms with Crippen LogP contribution in [-0.2, 0) is 6.42 Å². The summed E-state index contributed by atoms with van der Waals surface area (Å²) in [5.74, 6) is -0.281. The molecule has 5 heteroatoms. The van der Waals surface area contributed by atoms with Gasteiger partial charge in [0.25, 0.3) is 0 Å². The molecule has 0 amide bonds. The van der Waals surface area contributed by atoms with Gasteiger partial charge in [0, 0.05) is 0 Å². The fourth-order valence-corrected chi connectivity index (χ4v) is 4.62. The van der Waals surface area contributed by atoms with E-state index in [9.17, 15) is 17.6 Å². The second kappa shape index (κ2) is 9.84. The maximum Gasteiger partial charge on any atom is 0.573 e. The Labute approximate surface area is 176 Å². The lowest BCUT2D eigenvalue weighted by atomic mass is 9.77. The Balaban J connectivity index is 1.58. The molecule has 0 spiro atoms. The zero-order chi connectivity index (χ0) is 21.7. The molecule has 2 aromatic rings. The first-order chi connectivity index (χ1) is 14.2. The zero-order valence-electron chi connectivity index (χ0n) is 17.6. The molecule has 0 N–H and O–H groups in total. The first kappa shape index (κ1) is 22.6. The van der Waals surface area contributed by atoms with Gasteiger partial charge in [0.1, 0.15) is 0 Å². The van der Waals surface area contributed by atoms with Gasteiger partial charge in [0.15, 0.2) is 11.6 Å². The van der Waals surface area contributed by atoms with E-state index in [1.165, 1.54) is 50.2 Å². The standard InChI is InChI=1S/C25H30F4O/c1-3-4-18-5-9-20(10-6-18)21-11-7-19(8-12-21)15-17(2)22-13-14-24(23(26)16-22)30-25(27,28)29/h7-8,11-14,16-18,20H,3-6,9-10,15H2,1-2H3/t17-,18?,20?/m1/s1. The van der Waals surface area contributed by atoms with Gasteiger partial charge in [-0.3, -0.25) is 0 Å². The Bertz CT molecular complexity index is 805. The molecule has 1 aliphatic carbocycles. The van der Waals surface area contributed by atoms with Crippen molar-refractivity contribution >= 4 is 0 Å². The minimum atomic E-state index is -4.90. The lowest BCUT2D eigenvalue weighted by Crippen LogP contribution is -2.18. The number of halogens is 4. The van der Waals surface area contributed by atoms with Crippen molar-refractivity contribution in [1.29, 1.82) is 0 Å². The van der Waals surface area contributed by atoms with Crippen molar-refractivity contribution in [2.45, 2.75) is 77.0 Å². The monoisotopic (exact) mass is 422 g/mol.